The fourth-order valence-corrected chi connectivity index (χ4v) is 3.25. The van der Waals surface area contributed by atoms with E-state index in [1.54, 1.807) is 13.2 Å². The largest absolute Gasteiger partial charge is 0.465 e. The molecule has 0 bridgehead atoms. The lowest BCUT2D eigenvalue weighted by Gasteiger charge is -2.11. The first kappa shape index (κ1) is 16.2. The van der Waals surface area contributed by atoms with Crippen LogP contribution in [0.25, 0.3) is 16.7 Å². The summed E-state index contributed by atoms with van der Waals surface area (Å²) in [4.78, 5) is 16.5. The van der Waals surface area contributed by atoms with Crippen LogP contribution in [0.1, 0.15) is 34.6 Å². The van der Waals surface area contributed by atoms with E-state index in [9.17, 15) is 4.79 Å². The number of benzene rings is 1. The molecule has 2 heterocycles. The van der Waals surface area contributed by atoms with Gasteiger partial charge in [0.05, 0.1) is 30.3 Å². The van der Waals surface area contributed by atoms with Crippen molar-refractivity contribution < 1.29 is 14.3 Å². The molecule has 7 nitrogen and oxygen atoms in total. The maximum Gasteiger partial charge on any atom is 0.338 e. The van der Waals surface area contributed by atoms with E-state index >= 15 is 0 Å². The highest BCUT2D eigenvalue weighted by molar-refractivity contribution is 6.32. The minimum absolute atomic E-state index is 0.261. The molecular weight excluding hydrogens is 344 g/mol. The second kappa shape index (κ2) is 6.24. The Bertz CT molecular complexity index is 981. The number of fused-ring (bicyclic) bond motifs is 3. The van der Waals surface area contributed by atoms with Gasteiger partial charge in [0.2, 0.25) is 0 Å². The Balaban J connectivity index is 2.00. The van der Waals surface area contributed by atoms with Crippen LogP contribution >= 0.6 is 11.6 Å². The number of ether oxygens (including phenoxy) is 2. The Morgan fingerprint density at radius 3 is 2.80 bits per heavy atom. The normalized spacial score (nSPS) is 14.4. The maximum atomic E-state index is 12.1. The van der Waals surface area contributed by atoms with Gasteiger partial charge in [-0.15, -0.1) is 10.2 Å². The van der Waals surface area contributed by atoms with Gasteiger partial charge in [0.1, 0.15) is 5.82 Å². The first-order valence-electron chi connectivity index (χ1n) is 8.05. The van der Waals surface area contributed by atoms with E-state index in [1.165, 1.54) is 20.0 Å². The molecule has 0 spiro atoms. The van der Waals surface area contributed by atoms with Crippen molar-refractivity contribution in [1.29, 1.82) is 0 Å². The zero-order valence-corrected chi connectivity index (χ0v) is 14.7. The van der Waals surface area contributed by atoms with Crippen LogP contribution < -0.4 is 0 Å². The molecule has 1 fully saturated rings. The molecule has 0 saturated heterocycles. The number of carbonyl (C=O) groups excluding carboxylic acids is 1. The van der Waals surface area contributed by atoms with Crippen molar-refractivity contribution in [3.63, 3.8) is 0 Å². The average Bonchev–Trinajstić information content (AvgIpc) is 3.32. The summed E-state index contributed by atoms with van der Waals surface area (Å²) in [6.45, 7) is 0.282. The third-order valence-electron chi connectivity index (χ3n) is 4.45. The Kier molecular flexibility index (Phi) is 4.05. The Morgan fingerprint density at radius 1 is 1.32 bits per heavy atom. The highest BCUT2D eigenvalue weighted by Crippen LogP contribution is 2.33. The van der Waals surface area contributed by atoms with Gasteiger partial charge in [-0.2, -0.15) is 0 Å². The molecule has 0 N–H and O–H groups in total. The van der Waals surface area contributed by atoms with Crippen LogP contribution in [0.5, 0.6) is 0 Å². The predicted molar refractivity (Wildman–Crippen MR) is 91.8 cm³/mol. The number of rotatable bonds is 5. The molecule has 0 radical (unpaired) electrons. The molecule has 4 rings (SSSR count). The van der Waals surface area contributed by atoms with E-state index in [0.717, 1.165) is 23.3 Å². The summed E-state index contributed by atoms with van der Waals surface area (Å²) in [5, 5.41) is 8.76. The summed E-state index contributed by atoms with van der Waals surface area (Å²) < 4.78 is 12.0. The van der Waals surface area contributed by atoms with E-state index in [-0.39, 0.29) is 11.8 Å². The third-order valence-corrected chi connectivity index (χ3v) is 4.70. The number of carbonyl (C=O) groups is 1. The van der Waals surface area contributed by atoms with Gasteiger partial charge in [0.25, 0.3) is 0 Å². The SMILES string of the molecule is COCc1cc2c(cc1C(=O)OC)nc(Cl)c1nnc(CC3CC3)n12. The molecule has 0 aliphatic heterocycles. The standard InChI is InChI=1S/C17H17ClN4O3/c1-24-8-10-6-13-12(7-11(10)17(23)25-2)19-15(18)16-21-20-14(22(13)16)5-9-3-4-9/h6-7,9H,3-5,8H2,1-2H3. The molecule has 130 valence electrons. The van der Waals surface area contributed by atoms with E-state index in [4.69, 9.17) is 21.1 Å². The fourth-order valence-electron chi connectivity index (χ4n) is 3.04. The minimum atomic E-state index is -0.436. The monoisotopic (exact) mass is 360 g/mol. The molecule has 0 unspecified atom stereocenters. The van der Waals surface area contributed by atoms with Crippen molar-refractivity contribution in [3.05, 3.63) is 34.2 Å². The number of esters is 1. The zero-order chi connectivity index (χ0) is 17.6. The summed E-state index contributed by atoms with van der Waals surface area (Å²) in [5.74, 6) is 1.08. The van der Waals surface area contributed by atoms with Gasteiger partial charge >= 0.3 is 5.97 Å². The quantitative estimate of drug-likeness (QED) is 0.651. The van der Waals surface area contributed by atoms with Crippen molar-refractivity contribution in [1.82, 2.24) is 19.6 Å². The van der Waals surface area contributed by atoms with Crippen LogP contribution in [0.2, 0.25) is 5.15 Å². The molecule has 25 heavy (non-hydrogen) atoms. The van der Waals surface area contributed by atoms with Crippen molar-refractivity contribution in [2.24, 2.45) is 5.92 Å². The minimum Gasteiger partial charge on any atom is -0.465 e. The van der Waals surface area contributed by atoms with Crippen molar-refractivity contribution in [3.8, 4) is 0 Å². The molecule has 0 amide bonds. The van der Waals surface area contributed by atoms with Crippen LogP contribution in [0.15, 0.2) is 12.1 Å². The molecule has 2 aromatic heterocycles. The molecule has 1 aliphatic carbocycles. The molecule has 1 aliphatic rings. The van der Waals surface area contributed by atoms with Crippen LogP contribution in [0.4, 0.5) is 0 Å². The number of aromatic nitrogens is 4. The first-order chi connectivity index (χ1) is 12.1. The highest BCUT2D eigenvalue weighted by Gasteiger charge is 2.26. The number of hydrogen-bond donors (Lipinski definition) is 0. The van der Waals surface area contributed by atoms with Crippen LogP contribution in [0, 0.1) is 5.92 Å². The smallest absolute Gasteiger partial charge is 0.338 e. The lowest BCUT2D eigenvalue weighted by atomic mass is 10.1. The van der Waals surface area contributed by atoms with Gasteiger partial charge in [0.15, 0.2) is 10.8 Å². The second-order valence-corrected chi connectivity index (χ2v) is 6.61. The predicted octanol–water partition coefficient (Wildman–Crippen LogP) is 2.82. The van der Waals surface area contributed by atoms with Gasteiger partial charge in [-0.05, 0) is 36.5 Å². The zero-order valence-electron chi connectivity index (χ0n) is 14.0. The van der Waals surface area contributed by atoms with Crippen molar-refractivity contribution in [2.75, 3.05) is 14.2 Å². The second-order valence-electron chi connectivity index (χ2n) is 6.25. The van der Waals surface area contributed by atoms with E-state index < -0.39 is 5.97 Å². The Morgan fingerprint density at radius 2 is 2.12 bits per heavy atom. The van der Waals surface area contributed by atoms with Gasteiger partial charge < -0.3 is 9.47 Å². The van der Waals surface area contributed by atoms with E-state index in [2.05, 4.69) is 15.2 Å². The summed E-state index contributed by atoms with van der Waals surface area (Å²) in [7, 11) is 2.93. The highest BCUT2D eigenvalue weighted by atomic mass is 35.5. The van der Waals surface area contributed by atoms with Gasteiger partial charge in [0, 0.05) is 13.5 Å². The van der Waals surface area contributed by atoms with Gasteiger partial charge in [-0.25, -0.2) is 9.78 Å². The lowest BCUT2D eigenvalue weighted by Crippen LogP contribution is -2.08. The number of nitrogens with zero attached hydrogens (tertiary/aromatic N) is 4. The Labute approximate surface area is 148 Å². The average molecular weight is 361 g/mol. The summed E-state index contributed by atoms with van der Waals surface area (Å²) in [6.07, 6.45) is 3.29. The Hall–Kier alpha value is -2.25. The first-order valence-corrected chi connectivity index (χ1v) is 8.43. The van der Waals surface area contributed by atoms with Crippen molar-refractivity contribution >= 4 is 34.3 Å². The summed E-state index contributed by atoms with van der Waals surface area (Å²) >= 11 is 6.29. The number of hydrogen-bond acceptors (Lipinski definition) is 6. The molecule has 3 aromatic rings. The fraction of sp³-hybridized carbons (Fsp3) is 0.412. The van der Waals surface area contributed by atoms with E-state index in [1.807, 2.05) is 10.5 Å². The molecular formula is C17H17ClN4O3. The van der Waals surface area contributed by atoms with Gasteiger partial charge in [-0.3, -0.25) is 4.40 Å². The maximum absolute atomic E-state index is 12.1. The lowest BCUT2D eigenvalue weighted by molar-refractivity contribution is 0.0596. The summed E-state index contributed by atoms with van der Waals surface area (Å²) in [6, 6.07) is 3.56. The van der Waals surface area contributed by atoms with Gasteiger partial charge in [-0.1, -0.05) is 11.6 Å². The summed E-state index contributed by atoms with van der Waals surface area (Å²) in [5.41, 5.74) is 3.06. The molecule has 1 saturated carbocycles. The molecule has 1 aromatic carbocycles. The molecule has 0 atom stereocenters. The molecule has 8 heteroatoms. The van der Waals surface area contributed by atoms with Crippen LogP contribution in [-0.2, 0) is 22.5 Å². The van der Waals surface area contributed by atoms with Crippen LogP contribution in [0.3, 0.4) is 0 Å². The van der Waals surface area contributed by atoms with E-state index in [0.29, 0.717) is 22.6 Å². The third kappa shape index (κ3) is 2.83. The van der Waals surface area contributed by atoms with Crippen LogP contribution in [-0.4, -0.2) is 39.8 Å². The van der Waals surface area contributed by atoms with Crippen molar-refractivity contribution in [2.45, 2.75) is 25.9 Å². The topological polar surface area (TPSA) is 78.6 Å². The number of methoxy groups -OCH3 is 2. The number of halogens is 1.